The highest BCUT2D eigenvalue weighted by Gasteiger charge is 2.18. The van der Waals surface area contributed by atoms with Gasteiger partial charge in [0.25, 0.3) is 0 Å². The molecule has 4 heteroatoms. The predicted octanol–water partition coefficient (Wildman–Crippen LogP) is 3.46. The molecule has 1 atom stereocenters. The molecular weight excluding hydrogens is 270 g/mol. The first-order valence-corrected chi connectivity index (χ1v) is 7.43. The van der Waals surface area contributed by atoms with Gasteiger partial charge in [0.1, 0.15) is 0 Å². The van der Waals surface area contributed by atoms with Gasteiger partial charge in [0, 0.05) is 12.5 Å². The maximum absolute atomic E-state index is 6.38. The summed E-state index contributed by atoms with van der Waals surface area (Å²) in [5.74, 6) is 0.273. The summed E-state index contributed by atoms with van der Waals surface area (Å²) in [4.78, 5) is 0. The van der Waals surface area contributed by atoms with E-state index in [1.807, 2.05) is 11.6 Å². The molecule has 3 nitrogen and oxygen atoms in total. The van der Waals surface area contributed by atoms with Gasteiger partial charge in [0.15, 0.2) is 0 Å². The molecule has 2 aromatic rings. The van der Waals surface area contributed by atoms with Crippen molar-refractivity contribution in [3.63, 3.8) is 0 Å². The first-order chi connectivity index (χ1) is 9.56. The number of aromatic nitrogens is 2. The van der Waals surface area contributed by atoms with Gasteiger partial charge in [0.2, 0.25) is 0 Å². The quantitative estimate of drug-likeness (QED) is 0.917. The van der Waals surface area contributed by atoms with Crippen molar-refractivity contribution in [1.29, 1.82) is 0 Å². The molecule has 0 radical (unpaired) electrons. The van der Waals surface area contributed by atoms with Gasteiger partial charge in [-0.1, -0.05) is 41.4 Å². The van der Waals surface area contributed by atoms with Crippen LogP contribution in [-0.4, -0.2) is 16.3 Å². The van der Waals surface area contributed by atoms with Gasteiger partial charge in [-0.2, -0.15) is 5.10 Å². The van der Waals surface area contributed by atoms with Gasteiger partial charge < -0.3 is 5.73 Å². The van der Waals surface area contributed by atoms with Crippen molar-refractivity contribution in [3.8, 4) is 0 Å². The Kier molecular flexibility index (Phi) is 4.84. The SMILES string of the molecule is CCn1nc(C)c(Cl)c1CC(CN)c1ccc(C)cc1. The Labute approximate surface area is 125 Å². The molecule has 1 aromatic carbocycles. The largest absolute Gasteiger partial charge is 0.330 e. The summed E-state index contributed by atoms with van der Waals surface area (Å²) in [6.45, 7) is 7.55. The molecule has 0 aliphatic carbocycles. The molecule has 2 N–H and O–H groups in total. The summed E-state index contributed by atoms with van der Waals surface area (Å²) in [6, 6.07) is 8.56. The van der Waals surface area contributed by atoms with Crippen LogP contribution in [0.2, 0.25) is 5.02 Å². The fourth-order valence-corrected chi connectivity index (χ4v) is 2.69. The topological polar surface area (TPSA) is 43.8 Å². The molecule has 0 aliphatic heterocycles. The van der Waals surface area contributed by atoms with Crippen LogP contribution in [0.3, 0.4) is 0 Å². The smallest absolute Gasteiger partial charge is 0.0847 e. The van der Waals surface area contributed by atoms with Crippen LogP contribution in [0.25, 0.3) is 0 Å². The summed E-state index contributed by atoms with van der Waals surface area (Å²) in [5, 5.41) is 5.24. The van der Waals surface area contributed by atoms with Crippen LogP contribution in [0.15, 0.2) is 24.3 Å². The maximum atomic E-state index is 6.38. The summed E-state index contributed by atoms with van der Waals surface area (Å²) in [7, 11) is 0. The second-order valence-electron chi connectivity index (χ2n) is 5.21. The zero-order valence-electron chi connectivity index (χ0n) is 12.4. The summed E-state index contributed by atoms with van der Waals surface area (Å²) in [6.07, 6.45) is 0.826. The normalized spacial score (nSPS) is 12.7. The van der Waals surface area contributed by atoms with Gasteiger partial charge in [-0.15, -0.1) is 0 Å². The summed E-state index contributed by atoms with van der Waals surface area (Å²) < 4.78 is 1.98. The minimum Gasteiger partial charge on any atom is -0.330 e. The van der Waals surface area contributed by atoms with Gasteiger partial charge in [-0.05, 0) is 39.3 Å². The van der Waals surface area contributed by atoms with E-state index in [1.54, 1.807) is 0 Å². The van der Waals surface area contributed by atoms with Crippen molar-refractivity contribution in [3.05, 3.63) is 51.8 Å². The van der Waals surface area contributed by atoms with Crippen LogP contribution in [0, 0.1) is 13.8 Å². The Morgan fingerprint density at radius 2 is 1.90 bits per heavy atom. The zero-order valence-corrected chi connectivity index (χ0v) is 13.1. The minimum absolute atomic E-state index is 0.273. The van der Waals surface area contributed by atoms with E-state index in [0.717, 1.165) is 29.4 Å². The lowest BCUT2D eigenvalue weighted by Crippen LogP contribution is -2.17. The molecule has 0 saturated heterocycles. The maximum Gasteiger partial charge on any atom is 0.0847 e. The monoisotopic (exact) mass is 291 g/mol. The molecule has 20 heavy (non-hydrogen) atoms. The Morgan fingerprint density at radius 1 is 1.25 bits per heavy atom. The van der Waals surface area contributed by atoms with E-state index in [0.29, 0.717) is 6.54 Å². The fourth-order valence-electron chi connectivity index (χ4n) is 2.47. The van der Waals surface area contributed by atoms with E-state index in [-0.39, 0.29) is 5.92 Å². The highest BCUT2D eigenvalue weighted by atomic mass is 35.5. The Morgan fingerprint density at radius 3 is 2.45 bits per heavy atom. The number of aryl methyl sites for hydroxylation is 3. The summed E-state index contributed by atoms with van der Waals surface area (Å²) >= 11 is 6.38. The van der Waals surface area contributed by atoms with Crippen LogP contribution < -0.4 is 5.73 Å². The minimum atomic E-state index is 0.273. The van der Waals surface area contributed by atoms with Crippen LogP contribution in [0.4, 0.5) is 0 Å². The molecule has 2 rings (SSSR count). The Hall–Kier alpha value is -1.32. The van der Waals surface area contributed by atoms with E-state index < -0.39 is 0 Å². The van der Waals surface area contributed by atoms with Gasteiger partial charge in [-0.3, -0.25) is 4.68 Å². The third kappa shape index (κ3) is 3.05. The van der Waals surface area contributed by atoms with Crippen molar-refractivity contribution in [2.75, 3.05) is 6.54 Å². The van der Waals surface area contributed by atoms with Crippen LogP contribution in [0.1, 0.15) is 35.4 Å². The highest BCUT2D eigenvalue weighted by Crippen LogP contribution is 2.27. The predicted molar refractivity (Wildman–Crippen MR) is 84.3 cm³/mol. The molecule has 0 aliphatic rings. The van der Waals surface area contributed by atoms with E-state index in [4.69, 9.17) is 17.3 Å². The molecule has 108 valence electrons. The number of rotatable bonds is 5. The third-order valence-electron chi connectivity index (χ3n) is 3.73. The average Bonchev–Trinajstić information content (AvgIpc) is 2.73. The van der Waals surface area contributed by atoms with Crippen LogP contribution in [0.5, 0.6) is 0 Å². The van der Waals surface area contributed by atoms with Crippen molar-refractivity contribution in [2.24, 2.45) is 5.73 Å². The second-order valence-corrected chi connectivity index (χ2v) is 5.59. The molecule has 1 aromatic heterocycles. The van der Waals surface area contributed by atoms with Crippen molar-refractivity contribution in [2.45, 2.75) is 39.7 Å². The van der Waals surface area contributed by atoms with E-state index >= 15 is 0 Å². The molecule has 0 fully saturated rings. The number of nitrogens with zero attached hydrogens (tertiary/aromatic N) is 2. The number of halogens is 1. The third-order valence-corrected chi connectivity index (χ3v) is 4.22. The summed E-state index contributed by atoms with van der Waals surface area (Å²) in [5.41, 5.74) is 10.5. The van der Waals surface area contributed by atoms with Crippen LogP contribution >= 0.6 is 11.6 Å². The number of hydrogen-bond donors (Lipinski definition) is 1. The van der Waals surface area contributed by atoms with Gasteiger partial charge in [0.05, 0.1) is 16.4 Å². The lowest BCUT2D eigenvalue weighted by molar-refractivity contribution is 0.583. The Bertz CT molecular complexity index is 572. The standard InChI is InChI=1S/C16H22ClN3/c1-4-20-15(16(17)12(3)19-20)9-14(10-18)13-7-5-11(2)6-8-13/h5-8,14H,4,9-10,18H2,1-3H3. The van der Waals surface area contributed by atoms with E-state index in [1.165, 1.54) is 11.1 Å². The van der Waals surface area contributed by atoms with E-state index in [9.17, 15) is 0 Å². The lowest BCUT2D eigenvalue weighted by Gasteiger charge is -2.16. The zero-order chi connectivity index (χ0) is 14.7. The molecule has 0 saturated carbocycles. The molecular formula is C16H22ClN3. The molecule has 0 amide bonds. The van der Waals surface area contributed by atoms with E-state index in [2.05, 4.69) is 43.2 Å². The van der Waals surface area contributed by atoms with Crippen molar-refractivity contribution >= 4 is 11.6 Å². The molecule has 0 bridgehead atoms. The number of nitrogens with two attached hydrogens (primary N) is 1. The number of benzene rings is 1. The molecule has 0 spiro atoms. The van der Waals surface area contributed by atoms with Crippen molar-refractivity contribution < 1.29 is 0 Å². The Balaban J connectivity index is 2.28. The number of hydrogen-bond acceptors (Lipinski definition) is 2. The fraction of sp³-hybridized carbons (Fsp3) is 0.438. The second kappa shape index (κ2) is 6.42. The molecule has 1 unspecified atom stereocenters. The van der Waals surface area contributed by atoms with Crippen molar-refractivity contribution in [1.82, 2.24) is 9.78 Å². The highest BCUT2D eigenvalue weighted by molar-refractivity contribution is 6.31. The van der Waals surface area contributed by atoms with Gasteiger partial charge >= 0.3 is 0 Å². The average molecular weight is 292 g/mol. The first-order valence-electron chi connectivity index (χ1n) is 7.05. The first kappa shape index (κ1) is 15.1. The van der Waals surface area contributed by atoms with Crippen LogP contribution in [-0.2, 0) is 13.0 Å². The molecule has 1 heterocycles. The van der Waals surface area contributed by atoms with Gasteiger partial charge in [-0.25, -0.2) is 0 Å². The lowest BCUT2D eigenvalue weighted by atomic mass is 9.93.